The molecular formula is C10H11BrN4O. The van der Waals surface area contributed by atoms with Gasteiger partial charge in [-0.1, -0.05) is 0 Å². The van der Waals surface area contributed by atoms with E-state index in [1.807, 2.05) is 14.0 Å². The number of nitrogen functional groups attached to an aromatic ring is 1. The van der Waals surface area contributed by atoms with Crippen molar-refractivity contribution in [1.82, 2.24) is 14.8 Å². The molecule has 0 aromatic carbocycles. The molecule has 2 heterocycles. The van der Waals surface area contributed by atoms with Crippen molar-refractivity contribution in [1.29, 1.82) is 0 Å². The molecule has 0 radical (unpaired) electrons. The Kier molecular flexibility index (Phi) is 2.82. The van der Waals surface area contributed by atoms with Crippen LogP contribution >= 0.6 is 15.9 Å². The summed E-state index contributed by atoms with van der Waals surface area (Å²) < 4.78 is 8.19. The summed E-state index contributed by atoms with van der Waals surface area (Å²) >= 11 is 3.31. The Morgan fingerprint density at radius 2 is 2.12 bits per heavy atom. The van der Waals surface area contributed by atoms with E-state index in [0.29, 0.717) is 17.3 Å². The van der Waals surface area contributed by atoms with Gasteiger partial charge >= 0.3 is 0 Å². The number of aryl methyl sites for hydroxylation is 1. The number of anilines is 1. The number of aromatic nitrogens is 3. The molecule has 16 heavy (non-hydrogen) atoms. The fraction of sp³-hybridized carbons (Fsp3) is 0.200. The first-order valence-corrected chi connectivity index (χ1v) is 5.44. The van der Waals surface area contributed by atoms with Gasteiger partial charge in [0, 0.05) is 23.8 Å². The van der Waals surface area contributed by atoms with Gasteiger partial charge < -0.3 is 10.5 Å². The summed E-state index contributed by atoms with van der Waals surface area (Å²) in [6.45, 7) is 1.92. The highest BCUT2D eigenvalue weighted by molar-refractivity contribution is 9.10. The van der Waals surface area contributed by atoms with Crippen LogP contribution in [0.15, 0.2) is 22.9 Å². The number of hydrogen-bond donors (Lipinski definition) is 1. The van der Waals surface area contributed by atoms with Gasteiger partial charge in [-0.25, -0.2) is 4.98 Å². The van der Waals surface area contributed by atoms with Crippen LogP contribution in [0.1, 0.15) is 5.69 Å². The van der Waals surface area contributed by atoms with Crippen molar-refractivity contribution in [2.75, 3.05) is 5.73 Å². The van der Waals surface area contributed by atoms with Crippen LogP contribution in [0.5, 0.6) is 11.5 Å². The normalized spacial score (nSPS) is 10.4. The molecule has 0 aliphatic heterocycles. The number of halogens is 1. The van der Waals surface area contributed by atoms with Crippen LogP contribution in [0.4, 0.5) is 5.82 Å². The van der Waals surface area contributed by atoms with Gasteiger partial charge in [0.2, 0.25) is 0 Å². The van der Waals surface area contributed by atoms with E-state index in [4.69, 9.17) is 10.5 Å². The van der Waals surface area contributed by atoms with Crippen LogP contribution in [-0.4, -0.2) is 14.8 Å². The Bertz CT molecular complexity index is 524. The predicted octanol–water partition coefficient (Wildman–Crippen LogP) is 2.26. The summed E-state index contributed by atoms with van der Waals surface area (Å²) in [6, 6.07) is 1.77. The second kappa shape index (κ2) is 4.13. The van der Waals surface area contributed by atoms with E-state index >= 15 is 0 Å². The molecule has 0 unspecified atom stereocenters. The van der Waals surface area contributed by atoms with E-state index in [1.54, 1.807) is 23.1 Å². The van der Waals surface area contributed by atoms with Crippen molar-refractivity contribution in [2.24, 2.45) is 7.05 Å². The molecule has 0 saturated heterocycles. The van der Waals surface area contributed by atoms with Crippen molar-refractivity contribution in [3.63, 3.8) is 0 Å². The molecule has 0 aliphatic carbocycles. The van der Waals surface area contributed by atoms with Crippen LogP contribution < -0.4 is 10.5 Å². The summed E-state index contributed by atoms with van der Waals surface area (Å²) in [5, 5.41) is 4.08. The summed E-state index contributed by atoms with van der Waals surface area (Å²) in [5.74, 6) is 1.55. The molecule has 2 aromatic heterocycles. The predicted molar refractivity (Wildman–Crippen MR) is 64.4 cm³/mol. The standard InChI is InChI=1S/C10H11BrN4O/c1-6-9(5-14-15(6)2)16-8-3-7(11)4-13-10(8)12/h3-5H,1-2H3,(H2,12,13). The van der Waals surface area contributed by atoms with E-state index in [1.165, 1.54) is 0 Å². The molecule has 2 rings (SSSR count). The molecule has 0 aliphatic rings. The quantitative estimate of drug-likeness (QED) is 0.918. The third-order valence-corrected chi connectivity index (χ3v) is 2.69. The van der Waals surface area contributed by atoms with Gasteiger partial charge in [0.1, 0.15) is 0 Å². The lowest BCUT2D eigenvalue weighted by atomic mass is 10.4. The third-order valence-electron chi connectivity index (χ3n) is 2.26. The van der Waals surface area contributed by atoms with E-state index in [2.05, 4.69) is 26.0 Å². The summed E-state index contributed by atoms with van der Waals surface area (Å²) in [7, 11) is 1.85. The molecule has 0 bridgehead atoms. The van der Waals surface area contributed by atoms with Crippen molar-refractivity contribution in [2.45, 2.75) is 6.92 Å². The zero-order valence-electron chi connectivity index (χ0n) is 8.94. The SMILES string of the molecule is Cc1c(Oc2cc(Br)cnc2N)cnn1C. The molecule has 5 nitrogen and oxygen atoms in total. The van der Waals surface area contributed by atoms with Gasteiger partial charge in [0.15, 0.2) is 17.3 Å². The third kappa shape index (κ3) is 2.01. The molecule has 0 saturated carbocycles. The second-order valence-corrected chi connectivity index (χ2v) is 4.27. The second-order valence-electron chi connectivity index (χ2n) is 3.36. The Morgan fingerprint density at radius 3 is 2.75 bits per heavy atom. The molecule has 2 aromatic rings. The maximum atomic E-state index is 5.71. The van der Waals surface area contributed by atoms with Crippen LogP contribution in [0.2, 0.25) is 0 Å². The molecule has 84 valence electrons. The highest BCUT2D eigenvalue weighted by Crippen LogP contribution is 2.29. The minimum absolute atomic E-state index is 0.353. The number of nitrogens with two attached hydrogens (primary N) is 1. The lowest BCUT2D eigenvalue weighted by molar-refractivity contribution is 0.477. The lowest BCUT2D eigenvalue weighted by Gasteiger charge is -2.07. The van der Waals surface area contributed by atoms with Gasteiger partial charge in [-0.15, -0.1) is 0 Å². The summed E-state index contributed by atoms with van der Waals surface area (Å²) in [6.07, 6.45) is 3.27. The molecule has 0 atom stereocenters. The minimum atomic E-state index is 0.353. The maximum Gasteiger partial charge on any atom is 0.170 e. The molecule has 0 amide bonds. The molecule has 2 N–H and O–H groups in total. The van der Waals surface area contributed by atoms with Crippen molar-refractivity contribution in [3.05, 3.63) is 28.6 Å². The van der Waals surface area contributed by atoms with Gasteiger partial charge in [0.05, 0.1) is 11.9 Å². The minimum Gasteiger partial charge on any atom is -0.450 e. The molecule has 0 spiro atoms. The first-order chi connectivity index (χ1) is 7.58. The van der Waals surface area contributed by atoms with Gasteiger partial charge in [-0.3, -0.25) is 4.68 Å². The summed E-state index contributed by atoms with van der Waals surface area (Å²) in [4.78, 5) is 3.99. The molecule has 0 fully saturated rings. The van der Waals surface area contributed by atoms with E-state index in [9.17, 15) is 0 Å². The zero-order chi connectivity index (χ0) is 11.7. The smallest absolute Gasteiger partial charge is 0.170 e. The van der Waals surface area contributed by atoms with E-state index in [-0.39, 0.29) is 0 Å². The first kappa shape index (κ1) is 10.9. The van der Waals surface area contributed by atoms with Gasteiger partial charge in [0.25, 0.3) is 0 Å². The fourth-order valence-electron chi connectivity index (χ4n) is 1.21. The number of rotatable bonds is 2. The average molecular weight is 283 g/mol. The Hall–Kier alpha value is -1.56. The van der Waals surface area contributed by atoms with Gasteiger partial charge in [-0.05, 0) is 22.9 Å². The average Bonchev–Trinajstić information content (AvgIpc) is 2.55. The van der Waals surface area contributed by atoms with E-state index in [0.717, 1.165) is 10.2 Å². The topological polar surface area (TPSA) is 66.0 Å². The molecule has 6 heteroatoms. The van der Waals surface area contributed by atoms with E-state index < -0.39 is 0 Å². The van der Waals surface area contributed by atoms with Crippen LogP contribution in [0.25, 0.3) is 0 Å². The number of ether oxygens (including phenoxy) is 1. The summed E-state index contributed by atoms with van der Waals surface area (Å²) in [5.41, 5.74) is 6.64. The fourth-order valence-corrected chi connectivity index (χ4v) is 1.52. The van der Waals surface area contributed by atoms with Gasteiger partial charge in [-0.2, -0.15) is 5.10 Å². The molecular weight excluding hydrogens is 272 g/mol. The van der Waals surface area contributed by atoms with Crippen molar-refractivity contribution >= 4 is 21.7 Å². The van der Waals surface area contributed by atoms with Crippen LogP contribution in [0, 0.1) is 6.92 Å². The Balaban J connectivity index is 2.33. The monoisotopic (exact) mass is 282 g/mol. The largest absolute Gasteiger partial charge is 0.450 e. The highest BCUT2D eigenvalue weighted by atomic mass is 79.9. The first-order valence-electron chi connectivity index (χ1n) is 4.65. The van der Waals surface area contributed by atoms with Crippen molar-refractivity contribution < 1.29 is 4.74 Å². The maximum absolute atomic E-state index is 5.71. The highest BCUT2D eigenvalue weighted by Gasteiger charge is 2.09. The van der Waals surface area contributed by atoms with Crippen LogP contribution in [-0.2, 0) is 7.05 Å². The number of nitrogens with zero attached hydrogens (tertiary/aromatic N) is 3. The van der Waals surface area contributed by atoms with Crippen LogP contribution in [0.3, 0.4) is 0 Å². The lowest BCUT2D eigenvalue weighted by Crippen LogP contribution is -1.96. The number of pyridine rings is 1. The Labute approximate surface area is 101 Å². The van der Waals surface area contributed by atoms with Crippen molar-refractivity contribution in [3.8, 4) is 11.5 Å². The Morgan fingerprint density at radius 1 is 1.38 bits per heavy atom. The number of hydrogen-bond acceptors (Lipinski definition) is 4. The zero-order valence-corrected chi connectivity index (χ0v) is 10.5.